The second kappa shape index (κ2) is 5.83. The molecule has 0 bridgehead atoms. The summed E-state index contributed by atoms with van der Waals surface area (Å²) in [5.41, 5.74) is 0. The lowest BCUT2D eigenvalue weighted by Crippen LogP contribution is -2.15. The van der Waals surface area contributed by atoms with Crippen molar-refractivity contribution >= 4 is 15.8 Å². The summed E-state index contributed by atoms with van der Waals surface area (Å²) in [4.78, 5) is 17.6. The van der Waals surface area contributed by atoms with Crippen molar-refractivity contribution < 1.29 is 27.8 Å². The third kappa shape index (κ3) is 3.11. The van der Waals surface area contributed by atoms with Crippen molar-refractivity contribution in [2.24, 2.45) is 0 Å². The molecule has 9 heteroatoms. The second-order valence-electron chi connectivity index (χ2n) is 3.52. The Labute approximate surface area is 110 Å². The Morgan fingerprint density at radius 2 is 1.68 bits per heavy atom. The SMILES string of the molecule is CCCS(=O)(=O)c1c(OC)nc(C(=O)O)nc1OC. The third-order valence-electron chi connectivity index (χ3n) is 2.17. The molecule has 1 N–H and O–H groups in total. The van der Waals surface area contributed by atoms with Crippen molar-refractivity contribution in [2.75, 3.05) is 20.0 Å². The fraction of sp³-hybridized carbons (Fsp3) is 0.500. The molecule has 0 unspecified atom stereocenters. The van der Waals surface area contributed by atoms with Crippen LogP contribution in [0.2, 0.25) is 0 Å². The number of carboxylic acids is 1. The van der Waals surface area contributed by atoms with Gasteiger partial charge in [0.2, 0.25) is 17.6 Å². The van der Waals surface area contributed by atoms with E-state index in [9.17, 15) is 13.2 Å². The molecule has 0 amide bonds. The molecule has 0 aliphatic rings. The van der Waals surface area contributed by atoms with Crippen LogP contribution in [0.1, 0.15) is 24.0 Å². The van der Waals surface area contributed by atoms with Crippen molar-refractivity contribution in [3.63, 3.8) is 0 Å². The largest absolute Gasteiger partial charge is 0.480 e. The molecule has 19 heavy (non-hydrogen) atoms. The van der Waals surface area contributed by atoms with Gasteiger partial charge in [0.05, 0.1) is 20.0 Å². The molecule has 0 saturated carbocycles. The normalized spacial score (nSPS) is 11.1. The van der Waals surface area contributed by atoms with E-state index in [0.29, 0.717) is 6.42 Å². The van der Waals surface area contributed by atoms with Gasteiger partial charge in [-0.2, -0.15) is 9.97 Å². The predicted octanol–water partition coefficient (Wildman–Crippen LogP) is 0.376. The number of nitrogens with zero attached hydrogens (tertiary/aromatic N) is 2. The van der Waals surface area contributed by atoms with Gasteiger partial charge in [-0.1, -0.05) is 6.92 Å². The van der Waals surface area contributed by atoms with Gasteiger partial charge < -0.3 is 14.6 Å². The van der Waals surface area contributed by atoms with Crippen LogP contribution < -0.4 is 9.47 Å². The van der Waals surface area contributed by atoms with Crippen molar-refractivity contribution in [1.82, 2.24) is 9.97 Å². The van der Waals surface area contributed by atoms with E-state index >= 15 is 0 Å². The number of aromatic nitrogens is 2. The first-order valence-electron chi connectivity index (χ1n) is 5.33. The van der Waals surface area contributed by atoms with Crippen molar-refractivity contribution in [1.29, 1.82) is 0 Å². The fourth-order valence-electron chi connectivity index (χ4n) is 1.42. The van der Waals surface area contributed by atoms with Gasteiger partial charge >= 0.3 is 5.97 Å². The highest BCUT2D eigenvalue weighted by Crippen LogP contribution is 2.31. The van der Waals surface area contributed by atoms with Crippen LogP contribution >= 0.6 is 0 Å². The summed E-state index contributed by atoms with van der Waals surface area (Å²) in [6, 6.07) is 0. The zero-order valence-electron chi connectivity index (χ0n) is 10.7. The zero-order chi connectivity index (χ0) is 14.6. The van der Waals surface area contributed by atoms with Crippen LogP contribution in [0.4, 0.5) is 0 Å². The van der Waals surface area contributed by atoms with E-state index in [1.54, 1.807) is 6.92 Å². The molecule has 0 atom stereocenters. The Bertz CT molecular complexity index is 559. The van der Waals surface area contributed by atoms with Gasteiger partial charge in [-0.15, -0.1) is 0 Å². The summed E-state index contributed by atoms with van der Waals surface area (Å²) in [5, 5.41) is 8.84. The molecule has 0 fully saturated rings. The smallest absolute Gasteiger partial charge is 0.374 e. The van der Waals surface area contributed by atoms with Crippen LogP contribution in [-0.4, -0.2) is 49.4 Å². The fourth-order valence-corrected chi connectivity index (χ4v) is 2.95. The number of carbonyl (C=O) groups is 1. The quantitative estimate of drug-likeness (QED) is 0.799. The maximum atomic E-state index is 12.1. The highest BCUT2D eigenvalue weighted by molar-refractivity contribution is 7.91. The Morgan fingerprint density at radius 3 is 2.00 bits per heavy atom. The predicted molar refractivity (Wildman–Crippen MR) is 64.4 cm³/mol. The number of sulfone groups is 1. The van der Waals surface area contributed by atoms with Crippen molar-refractivity contribution in [2.45, 2.75) is 18.2 Å². The molecule has 0 radical (unpaired) electrons. The molecule has 0 aliphatic carbocycles. The monoisotopic (exact) mass is 290 g/mol. The molecule has 1 aromatic rings. The summed E-state index contributed by atoms with van der Waals surface area (Å²) in [5.74, 6) is -2.81. The summed E-state index contributed by atoms with van der Waals surface area (Å²) in [7, 11) is -1.32. The molecule has 0 saturated heterocycles. The Hall–Kier alpha value is -1.90. The van der Waals surface area contributed by atoms with Crippen LogP contribution in [0.15, 0.2) is 4.90 Å². The molecule has 0 aromatic carbocycles. The molecule has 8 nitrogen and oxygen atoms in total. The van der Waals surface area contributed by atoms with E-state index in [0.717, 1.165) is 0 Å². The molecule has 1 rings (SSSR count). The van der Waals surface area contributed by atoms with Gasteiger partial charge in [-0.05, 0) is 6.42 Å². The lowest BCUT2D eigenvalue weighted by molar-refractivity contribution is 0.0680. The molecule has 1 aromatic heterocycles. The van der Waals surface area contributed by atoms with E-state index in [1.807, 2.05) is 0 Å². The number of rotatable bonds is 6. The van der Waals surface area contributed by atoms with Gasteiger partial charge in [0.25, 0.3) is 0 Å². The van der Waals surface area contributed by atoms with E-state index in [4.69, 9.17) is 14.6 Å². The Kier molecular flexibility index (Phi) is 4.65. The van der Waals surface area contributed by atoms with Gasteiger partial charge in [-0.25, -0.2) is 13.2 Å². The second-order valence-corrected chi connectivity index (χ2v) is 5.56. The van der Waals surface area contributed by atoms with Gasteiger partial charge in [0.15, 0.2) is 14.7 Å². The minimum Gasteiger partial charge on any atom is -0.480 e. The van der Waals surface area contributed by atoms with Crippen LogP contribution in [0.25, 0.3) is 0 Å². The number of hydrogen-bond acceptors (Lipinski definition) is 7. The molecule has 0 aliphatic heterocycles. The number of methoxy groups -OCH3 is 2. The maximum absolute atomic E-state index is 12.1. The minimum absolute atomic E-state index is 0.143. The Balaban J connectivity index is 3.58. The number of carboxylic acid groups (broad SMARTS) is 1. The lowest BCUT2D eigenvalue weighted by Gasteiger charge is -2.12. The average Bonchev–Trinajstić information content (AvgIpc) is 2.36. The van der Waals surface area contributed by atoms with Crippen LogP contribution in [0.3, 0.4) is 0 Å². The lowest BCUT2D eigenvalue weighted by atomic mass is 10.5. The first kappa shape index (κ1) is 15.2. The summed E-state index contributed by atoms with van der Waals surface area (Å²) in [6.07, 6.45) is 0.384. The average molecular weight is 290 g/mol. The summed E-state index contributed by atoms with van der Waals surface area (Å²) < 4.78 is 33.8. The first-order chi connectivity index (χ1) is 8.87. The van der Waals surface area contributed by atoms with Gasteiger partial charge in [0.1, 0.15) is 0 Å². The topological polar surface area (TPSA) is 116 Å². The van der Waals surface area contributed by atoms with E-state index in [2.05, 4.69) is 9.97 Å². The molecular formula is C10H14N2O6S. The first-order valence-corrected chi connectivity index (χ1v) is 6.98. The third-order valence-corrected chi connectivity index (χ3v) is 4.08. The molecule has 1 heterocycles. The zero-order valence-corrected chi connectivity index (χ0v) is 11.5. The van der Waals surface area contributed by atoms with Gasteiger partial charge in [0, 0.05) is 0 Å². The highest BCUT2D eigenvalue weighted by atomic mass is 32.2. The minimum atomic E-state index is -3.71. The number of ether oxygens (including phenoxy) is 2. The van der Waals surface area contributed by atoms with Crippen LogP contribution in [0, 0.1) is 0 Å². The van der Waals surface area contributed by atoms with E-state index in [1.165, 1.54) is 14.2 Å². The van der Waals surface area contributed by atoms with E-state index in [-0.39, 0.29) is 22.4 Å². The number of aromatic carboxylic acids is 1. The summed E-state index contributed by atoms with van der Waals surface area (Å²) in [6.45, 7) is 1.70. The van der Waals surface area contributed by atoms with E-state index < -0.39 is 21.6 Å². The van der Waals surface area contributed by atoms with Crippen molar-refractivity contribution in [3.05, 3.63) is 5.82 Å². The van der Waals surface area contributed by atoms with Crippen LogP contribution in [-0.2, 0) is 9.84 Å². The molecular weight excluding hydrogens is 276 g/mol. The number of hydrogen-bond donors (Lipinski definition) is 1. The van der Waals surface area contributed by atoms with Crippen molar-refractivity contribution in [3.8, 4) is 11.8 Å². The Morgan fingerprint density at radius 1 is 1.21 bits per heavy atom. The van der Waals surface area contributed by atoms with Gasteiger partial charge in [-0.3, -0.25) is 0 Å². The van der Waals surface area contributed by atoms with Crippen LogP contribution in [0.5, 0.6) is 11.8 Å². The summed E-state index contributed by atoms with van der Waals surface area (Å²) >= 11 is 0. The standard InChI is InChI=1S/C10H14N2O6S/c1-4-5-19(15,16)6-8(17-2)11-7(10(13)14)12-9(6)18-3/h4-5H2,1-3H3,(H,13,14). The molecule has 106 valence electrons. The maximum Gasteiger partial charge on any atom is 0.374 e. The highest BCUT2D eigenvalue weighted by Gasteiger charge is 2.29. The molecule has 0 spiro atoms.